The molecule has 0 bridgehead atoms. The number of hydrogen-bond acceptors (Lipinski definition) is 3. The van der Waals surface area contributed by atoms with Crippen molar-refractivity contribution in [2.75, 3.05) is 0 Å². The van der Waals surface area contributed by atoms with Gasteiger partial charge in [-0.15, -0.1) is 0 Å². The van der Waals surface area contributed by atoms with Crippen molar-refractivity contribution in [2.24, 2.45) is 0 Å². The van der Waals surface area contributed by atoms with Crippen LogP contribution < -0.4 is 0 Å². The number of amides is 2. The largest absolute Gasteiger partial charge is 0.310 e. The van der Waals surface area contributed by atoms with Crippen LogP contribution in [0.15, 0.2) is 30.3 Å². The zero-order valence-corrected chi connectivity index (χ0v) is 15.4. The highest BCUT2D eigenvalue weighted by Gasteiger charge is 2.59. The molecule has 0 aromatic heterocycles. The van der Waals surface area contributed by atoms with E-state index in [0.717, 1.165) is 5.56 Å². The molecule has 2 aliphatic heterocycles. The molecule has 0 radical (unpaired) electrons. The monoisotopic (exact) mass is 402 g/mol. The van der Waals surface area contributed by atoms with Crippen LogP contribution in [-0.4, -0.2) is 42.1 Å². The zero-order valence-electron chi connectivity index (χ0n) is 12.2. The Hall–Kier alpha value is -0.720. The second kappa shape index (κ2) is 5.73. The third kappa shape index (κ3) is 2.55. The van der Waals surface area contributed by atoms with Crippen molar-refractivity contribution in [2.45, 2.75) is 41.5 Å². The molecule has 2 heterocycles. The van der Waals surface area contributed by atoms with E-state index in [-0.39, 0.29) is 11.8 Å². The lowest BCUT2D eigenvalue weighted by atomic mass is 9.96. The fraction of sp³-hybridized carbons (Fsp3) is 0.467. The first-order valence-electron chi connectivity index (χ1n) is 6.97. The zero-order chi connectivity index (χ0) is 16.1. The molecule has 3 atom stereocenters. The van der Waals surface area contributed by atoms with Gasteiger partial charge in [0.2, 0.25) is 5.91 Å². The molecular weight excluding hydrogens is 388 g/mol. The Bertz CT molecular complexity index is 613. The van der Waals surface area contributed by atoms with E-state index in [1.165, 1.54) is 16.8 Å². The fourth-order valence-electron chi connectivity index (χ4n) is 2.84. The Morgan fingerprint density at radius 1 is 1.23 bits per heavy atom. The number of halogens is 2. The van der Waals surface area contributed by atoms with Crippen molar-refractivity contribution in [1.29, 1.82) is 0 Å². The summed E-state index contributed by atoms with van der Waals surface area (Å²) in [7, 11) is 0. The minimum Gasteiger partial charge on any atom is -0.310 e. The number of nitrogens with zero attached hydrogens (tertiary/aromatic N) is 2. The Morgan fingerprint density at radius 3 is 2.45 bits per heavy atom. The van der Waals surface area contributed by atoms with Crippen molar-refractivity contribution >= 4 is 51.3 Å². The van der Waals surface area contributed by atoms with Crippen LogP contribution in [0.1, 0.15) is 19.4 Å². The number of carbonyl (C=O) groups is 2. The SMILES string of the molecule is CC1(C)SN(Cc2ccccc2)C(=O)C1N1C(=O)[C@H](Br)[C@H]1Cl. The molecular formula is C15H16BrClN2O2S. The number of alkyl halides is 2. The second-order valence-electron chi connectivity index (χ2n) is 5.98. The Morgan fingerprint density at radius 2 is 1.86 bits per heavy atom. The number of likely N-dealkylation sites (tertiary alicyclic amines) is 1. The standard InChI is InChI=1S/C15H16BrClN2O2S/c1-15(2)11(19-12(17)10(16)13(19)20)14(21)18(22-15)8-9-6-4-3-5-7-9/h3-7,10-12H,8H2,1-2H3/t10-,11?,12+/m1/s1. The Balaban J connectivity index is 1.81. The smallest absolute Gasteiger partial charge is 0.257 e. The van der Waals surface area contributed by atoms with E-state index in [4.69, 9.17) is 11.6 Å². The van der Waals surface area contributed by atoms with Gasteiger partial charge in [0, 0.05) is 0 Å². The lowest BCUT2D eigenvalue weighted by molar-refractivity contribution is -0.151. The van der Waals surface area contributed by atoms with Crippen LogP contribution in [0.2, 0.25) is 0 Å². The molecule has 2 fully saturated rings. The second-order valence-corrected chi connectivity index (χ2v) is 9.09. The summed E-state index contributed by atoms with van der Waals surface area (Å²) in [6.07, 6.45) is 0. The van der Waals surface area contributed by atoms with Gasteiger partial charge < -0.3 is 4.90 Å². The summed E-state index contributed by atoms with van der Waals surface area (Å²) in [6.45, 7) is 4.48. The third-order valence-electron chi connectivity index (χ3n) is 3.93. The number of benzene rings is 1. The molecule has 7 heteroatoms. The topological polar surface area (TPSA) is 40.6 Å². The first kappa shape index (κ1) is 16.1. The average molecular weight is 404 g/mol. The maximum Gasteiger partial charge on any atom is 0.257 e. The van der Waals surface area contributed by atoms with Crippen LogP contribution in [0.25, 0.3) is 0 Å². The van der Waals surface area contributed by atoms with Gasteiger partial charge in [0.05, 0.1) is 11.3 Å². The minimum absolute atomic E-state index is 0.0581. The van der Waals surface area contributed by atoms with Crippen molar-refractivity contribution < 1.29 is 9.59 Å². The molecule has 4 nitrogen and oxygen atoms in total. The summed E-state index contributed by atoms with van der Waals surface area (Å²) >= 11 is 10.9. The van der Waals surface area contributed by atoms with Crippen LogP contribution in [-0.2, 0) is 16.1 Å². The van der Waals surface area contributed by atoms with Crippen LogP contribution in [0.3, 0.4) is 0 Å². The summed E-state index contributed by atoms with van der Waals surface area (Å²) in [4.78, 5) is 26.0. The predicted octanol–water partition coefficient (Wildman–Crippen LogP) is 2.99. The van der Waals surface area contributed by atoms with E-state index >= 15 is 0 Å². The van der Waals surface area contributed by atoms with Gasteiger partial charge in [0.1, 0.15) is 16.4 Å². The molecule has 0 N–H and O–H groups in total. The number of carbonyl (C=O) groups excluding carboxylic acids is 2. The maximum absolute atomic E-state index is 12.8. The Kier molecular flexibility index (Phi) is 4.20. The van der Waals surface area contributed by atoms with E-state index in [9.17, 15) is 9.59 Å². The first-order chi connectivity index (χ1) is 10.3. The first-order valence-corrected chi connectivity index (χ1v) is 9.10. The highest BCUT2D eigenvalue weighted by molar-refractivity contribution is 9.10. The molecule has 118 valence electrons. The molecule has 2 aliphatic rings. The molecule has 22 heavy (non-hydrogen) atoms. The van der Waals surface area contributed by atoms with Gasteiger partial charge in [0.25, 0.3) is 5.91 Å². The summed E-state index contributed by atoms with van der Waals surface area (Å²) in [6, 6.07) is 9.30. The van der Waals surface area contributed by atoms with E-state index in [1.807, 2.05) is 44.2 Å². The summed E-state index contributed by atoms with van der Waals surface area (Å²) in [5.74, 6) is -0.175. The number of rotatable bonds is 3. The number of β-lactam (4-membered cyclic amide) rings is 1. The third-order valence-corrected chi connectivity index (χ3v) is 6.81. The van der Waals surface area contributed by atoms with Gasteiger partial charge in [-0.3, -0.25) is 13.9 Å². The van der Waals surface area contributed by atoms with Crippen molar-refractivity contribution in [3.05, 3.63) is 35.9 Å². The maximum atomic E-state index is 12.8. The molecule has 1 aromatic carbocycles. The fourth-order valence-corrected chi connectivity index (χ4v) is 4.93. The van der Waals surface area contributed by atoms with Crippen molar-refractivity contribution in [3.8, 4) is 0 Å². The van der Waals surface area contributed by atoms with E-state index in [0.29, 0.717) is 6.54 Å². The predicted molar refractivity (Wildman–Crippen MR) is 91.7 cm³/mol. The summed E-state index contributed by atoms with van der Waals surface area (Å²) in [5.41, 5.74) is 0.591. The normalized spacial score (nSPS) is 30.6. The number of hydrogen-bond donors (Lipinski definition) is 0. The van der Waals surface area contributed by atoms with E-state index in [2.05, 4.69) is 15.9 Å². The lowest BCUT2D eigenvalue weighted by Crippen LogP contribution is -2.67. The molecule has 1 aromatic rings. The Labute approximate surface area is 147 Å². The molecule has 2 amide bonds. The molecule has 0 spiro atoms. The van der Waals surface area contributed by atoms with Crippen LogP contribution in [0.5, 0.6) is 0 Å². The summed E-state index contributed by atoms with van der Waals surface area (Å²) in [5, 5.41) is 0. The van der Waals surface area contributed by atoms with Crippen molar-refractivity contribution in [1.82, 2.24) is 9.21 Å². The highest BCUT2D eigenvalue weighted by atomic mass is 79.9. The minimum atomic E-state index is -0.523. The highest BCUT2D eigenvalue weighted by Crippen LogP contribution is 2.47. The van der Waals surface area contributed by atoms with E-state index in [1.54, 1.807) is 4.31 Å². The van der Waals surface area contributed by atoms with Gasteiger partial charge in [-0.05, 0) is 31.4 Å². The van der Waals surface area contributed by atoms with Gasteiger partial charge in [-0.1, -0.05) is 57.9 Å². The summed E-state index contributed by atoms with van der Waals surface area (Å²) < 4.78 is 1.33. The molecule has 2 saturated heterocycles. The molecule has 1 unspecified atom stereocenters. The molecule has 0 saturated carbocycles. The molecule has 0 aliphatic carbocycles. The van der Waals surface area contributed by atoms with Gasteiger partial charge in [-0.25, -0.2) is 0 Å². The van der Waals surface area contributed by atoms with Crippen LogP contribution >= 0.6 is 39.5 Å². The van der Waals surface area contributed by atoms with Crippen LogP contribution in [0, 0.1) is 0 Å². The molecule has 3 rings (SSSR count). The van der Waals surface area contributed by atoms with Gasteiger partial charge in [0.15, 0.2) is 0 Å². The van der Waals surface area contributed by atoms with Gasteiger partial charge in [-0.2, -0.15) is 0 Å². The van der Waals surface area contributed by atoms with Gasteiger partial charge >= 0.3 is 0 Å². The van der Waals surface area contributed by atoms with E-state index < -0.39 is 21.1 Å². The van der Waals surface area contributed by atoms with Crippen LogP contribution in [0.4, 0.5) is 0 Å². The lowest BCUT2D eigenvalue weighted by Gasteiger charge is -2.46. The quantitative estimate of drug-likeness (QED) is 0.337. The average Bonchev–Trinajstić information content (AvgIpc) is 2.71. The van der Waals surface area contributed by atoms with Crippen molar-refractivity contribution in [3.63, 3.8) is 0 Å².